The summed E-state index contributed by atoms with van der Waals surface area (Å²) < 4.78 is 4.27. The van der Waals surface area contributed by atoms with E-state index in [1.54, 1.807) is 0 Å². The van der Waals surface area contributed by atoms with Crippen LogP contribution in [-0.2, 0) is 9.53 Å². The SMILES string of the molecule is COC(=O)/C=C/C(=O)c1c(O)cc(O)cc1O. The van der Waals surface area contributed by atoms with E-state index in [0.29, 0.717) is 0 Å². The van der Waals surface area contributed by atoms with Crippen LogP contribution in [0.1, 0.15) is 10.4 Å². The third kappa shape index (κ3) is 2.97. The van der Waals surface area contributed by atoms with Crippen LogP contribution in [-0.4, -0.2) is 34.2 Å². The molecule has 0 saturated heterocycles. The van der Waals surface area contributed by atoms with Crippen molar-refractivity contribution in [1.82, 2.24) is 0 Å². The molecule has 90 valence electrons. The molecule has 0 fully saturated rings. The maximum Gasteiger partial charge on any atom is 0.330 e. The summed E-state index contributed by atoms with van der Waals surface area (Å²) in [6.45, 7) is 0. The molecular formula is C11H10O6. The Morgan fingerprint density at radius 2 is 1.65 bits per heavy atom. The van der Waals surface area contributed by atoms with Crippen LogP contribution in [0, 0.1) is 0 Å². The number of phenols is 3. The van der Waals surface area contributed by atoms with Crippen molar-refractivity contribution in [3.05, 3.63) is 29.8 Å². The summed E-state index contributed by atoms with van der Waals surface area (Å²) in [6.07, 6.45) is 1.70. The summed E-state index contributed by atoms with van der Waals surface area (Å²) in [5.41, 5.74) is -0.400. The molecule has 0 aromatic heterocycles. The molecule has 1 aromatic carbocycles. The fraction of sp³-hybridized carbons (Fsp3) is 0.0909. The molecule has 1 aromatic rings. The zero-order valence-electron chi connectivity index (χ0n) is 8.88. The lowest BCUT2D eigenvalue weighted by Crippen LogP contribution is -1.99. The monoisotopic (exact) mass is 238 g/mol. The predicted octanol–water partition coefficient (Wildman–Crippen LogP) is 0.715. The number of allylic oxidation sites excluding steroid dienone is 1. The van der Waals surface area contributed by atoms with Gasteiger partial charge in [-0.3, -0.25) is 4.79 Å². The van der Waals surface area contributed by atoms with Gasteiger partial charge in [0, 0.05) is 18.2 Å². The van der Waals surface area contributed by atoms with Gasteiger partial charge in [0.1, 0.15) is 22.8 Å². The molecule has 0 heterocycles. The fourth-order valence-corrected chi connectivity index (χ4v) is 1.14. The van der Waals surface area contributed by atoms with Crippen molar-refractivity contribution in [3.8, 4) is 17.2 Å². The number of esters is 1. The smallest absolute Gasteiger partial charge is 0.330 e. The molecular weight excluding hydrogens is 228 g/mol. The molecule has 6 heteroatoms. The van der Waals surface area contributed by atoms with Crippen molar-refractivity contribution in [2.24, 2.45) is 0 Å². The second-order valence-electron chi connectivity index (χ2n) is 3.08. The average Bonchev–Trinajstić information content (AvgIpc) is 2.24. The van der Waals surface area contributed by atoms with Crippen LogP contribution in [0.5, 0.6) is 17.2 Å². The van der Waals surface area contributed by atoms with Gasteiger partial charge in [0.15, 0.2) is 5.78 Å². The highest BCUT2D eigenvalue weighted by Gasteiger charge is 2.15. The lowest BCUT2D eigenvalue weighted by molar-refractivity contribution is -0.134. The van der Waals surface area contributed by atoms with Crippen LogP contribution in [0.2, 0.25) is 0 Å². The molecule has 3 N–H and O–H groups in total. The molecule has 0 unspecified atom stereocenters. The van der Waals surface area contributed by atoms with E-state index >= 15 is 0 Å². The summed E-state index contributed by atoms with van der Waals surface area (Å²) in [5.74, 6) is -3.07. The van der Waals surface area contributed by atoms with Crippen LogP contribution in [0.25, 0.3) is 0 Å². The first kappa shape index (κ1) is 12.6. The second kappa shape index (κ2) is 5.02. The highest BCUT2D eigenvalue weighted by Crippen LogP contribution is 2.32. The van der Waals surface area contributed by atoms with Crippen LogP contribution in [0.3, 0.4) is 0 Å². The number of ketones is 1. The molecule has 0 atom stereocenters. The Morgan fingerprint density at radius 1 is 1.12 bits per heavy atom. The quantitative estimate of drug-likeness (QED) is 0.407. The molecule has 0 radical (unpaired) electrons. The molecule has 6 nitrogen and oxygen atoms in total. The molecule has 0 amide bonds. The minimum atomic E-state index is -0.787. The number of hydrogen-bond donors (Lipinski definition) is 3. The summed E-state index contributed by atoms with van der Waals surface area (Å²) in [6, 6.07) is 1.80. The Bertz CT molecular complexity index is 466. The zero-order chi connectivity index (χ0) is 13.0. The van der Waals surface area contributed by atoms with Crippen LogP contribution in [0.15, 0.2) is 24.3 Å². The van der Waals surface area contributed by atoms with Gasteiger partial charge < -0.3 is 20.1 Å². The second-order valence-corrected chi connectivity index (χ2v) is 3.08. The number of methoxy groups -OCH3 is 1. The number of benzene rings is 1. The average molecular weight is 238 g/mol. The van der Waals surface area contributed by atoms with Gasteiger partial charge in [-0.25, -0.2) is 4.79 Å². The van der Waals surface area contributed by atoms with Crippen molar-refractivity contribution in [2.45, 2.75) is 0 Å². The number of phenolic OH excluding ortho intramolecular Hbond substituents is 3. The van der Waals surface area contributed by atoms with Crippen molar-refractivity contribution < 1.29 is 29.6 Å². The van der Waals surface area contributed by atoms with E-state index in [0.717, 1.165) is 31.4 Å². The van der Waals surface area contributed by atoms with E-state index in [4.69, 9.17) is 5.11 Å². The van der Waals surface area contributed by atoms with Gasteiger partial charge in [0.2, 0.25) is 0 Å². The van der Waals surface area contributed by atoms with Gasteiger partial charge in [-0.2, -0.15) is 0 Å². The van der Waals surface area contributed by atoms with E-state index in [9.17, 15) is 19.8 Å². The van der Waals surface area contributed by atoms with Gasteiger partial charge in [0.25, 0.3) is 0 Å². The minimum absolute atomic E-state index is 0.381. The lowest BCUT2D eigenvalue weighted by Gasteiger charge is -2.04. The summed E-state index contributed by atoms with van der Waals surface area (Å²) in [7, 11) is 1.15. The maximum atomic E-state index is 11.5. The lowest BCUT2D eigenvalue weighted by atomic mass is 10.1. The number of hydrogen-bond acceptors (Lipinski definition) is 6. The van der Waals surface area contributed by atoms with Crippen LogP contribution >= 0.6 is 0 Å². The highest BCUT2D eigenvalue weighted by molar-refractivity contribution is 6.10. The predicted molar refractivity (Wildman–Crippen MR) is 56.9 cm³/mol. The van der Waals surface area contributed by atoms with Gasteiger partial charge >= 0.3 is 5.97 Å². The van der Waals surface area contributed by atoms with Crippen molar-refractivity contribution in [1.29, 1.82) is 0 Å². The van der Waals surface area contributed by atoms with Crippen LogP contribution in [0.4, 0.5) is 0 Å². The van der Waals surface area contributed by atoms with Crippen molar-refractivity contribution >= 4 is 11.8 Å². The van der Waals surface area contributed by atoms with Crippen LogP contribution < -0.4 is 0 Å². The molecule has 0 bridgehead atoms. The molecule has 17 heavy (non-hydrogen) atoms. The number of carbonyl (C=O) groups is 2. The van der Waals surface area contributed by atoms with Crippen molar-refractivity contribution in [2.75, 3.05) is 7.11 Å². The summed E-state index contributed by atoms with van der Waals surface area (Å²) in [5, 5.41) is 27.8. The summed E-state index contributed by atoms with van der Waals surface area (Å²) in [4.78, 5) is 22.3. The van der Waals surface area contributed by atoms with E-state index in [-0.39, 0.29) is 5.75 Å². The maximum absolute atomic E-state index is 11.5. The molecule has 0 saturated carbocycles. The molecule has 0 aliphatic rings. The van der Waals surface area contributed by atoms with Gasteiger partial charge in [0.05, 0.1) is 7.11 Å². The Kier molecular flexibility index (Phi) is 3.71. The first-order valence-electron chi connectivity index (χ1n) is 4.51. The molecule has 0 spiro atoms. The largest absolute Gasteiger partial charge is 0.508 e. The number of carbonyl (C=O) groups excluding carboxylic acids is 2. The van der Waals surface area contributed by atoms with E-state index in [1.807, 2.05) is 0 Å². The Hall–Kier alpha value is -2.50. The third-order valence-electron chi connectivity index (χ3n) is 1.90. The zero-order valence-corrected chi connectivity index (χ0v) is 8.88. The Morgan fingerprint density at radius 3 is 2.12 bits per heavy atom. The molecule has 0 aliphatic heterocycles. The summed E-state index contributed by atoms with van der Waals surface area (Å²) >= 11 is 0. The number of ether oxygens (including phenoxy) is 1. The van der Waals surface area contributed by atoms with Gasteiger partial charge in [-0.05, 0) is 6.08 Å². The molecule has 0 aliphatic carbocycles. The minimum Gasteiger partial charge on any atom is -0.508 e. The normalized spacial score (nSPS) is 10.4. The van der Waals surface area contributed by atoms with Gasteiger partial charge in [-0.15, -0.1) is 0 Å². The van der Waals surface area contributed by atoms with Gasteiger partial charge in [-0.1, -0.05) is 0 Å². The standard InChI is InChI=1S/C11H10O6/c1-17-10(16)3-2-7(13)11-8(14)4-6(12)5-9(11)15/h2-5,12,14-15H,1H3/b3-2+. The Labute approximate surface area is 96.4 Å². The van der Waals surface area contributed by atoms with E-state index in [1.165, 1.54) is 0 Å². The third-order valence-corrected chi connectivity index (χ3v) is 1.90. The Balaban J connectivity index is 3.05. The first-order valence-corrected chi connectivity index (χ1v) is 4.51. The number of rotatable bonds is 3. The van der Waals surface area contributed by atoms with E-state index < -0.39 is 28.8 Å². The van der Waals surface area contributed by atoms with E-state index in [2.05, 4.69) is 4.74 Å². The topological polar surface area (TPSA) is 104 Å². The highest BCUT2D eigenvalue weighted by atomic mass is 16.5. The molecule has 1 rings (SSSR count). The first-order chi connectivity index (χ1) is 7.95. The fourth-order valence-electron chi connectivity index (χ4n) is 1.14. The number of aromatic hydroxyl groups is 3. The van der Waals surface area contributed by atoms with Crippen molar-refractivity contribution in [3.63, 3.8) is 0 Å².